The number of nitrogens with one attached hydrogen (secondary N) is 2. The van der Waals surface area contributed by atoms with Crippen molar-refractivity contribution in [2.45, 2.75) is 36.1 Å². The molecule has 1 atom stereocenters. The summed E-state index contributed by atoms with van der Waals surface area (Å²) < 4.78 is 33.4. The largest absolute Gasteiger partial charge is 0.495 e. The first-order valence-electron chi connectivity index (χ1n) is 8.45. The van der Waals surface area contributed by atoms with Crippen LogP contribution in [0.15, 0.2) is 52.3 Å². The van der Waals surface area contributed by atoms with Gasteiger partial charge in [0.05, 0.1) is 17.7 Å². The molecule has 0 fully saturated rings. The molecule has 2 rings (SSSR count). The van der Waals surface area contributed by atoms with E-state index in [9.17, 15) is 13.2 Å². The number of carbonyl (C=O) groups excluding carboxylic acids is 1. The first-order valence-corrected chi connectivity index (χ1v) is 11.2. The number of thioether (sulfide) groups is 1. The molecule has 0 aliphatic carbocycles. The Morgan fingerprint density at radius 2 is 1.85 bits per heavy atom. The van der Waals surface area contributed by atoms with E-state index in [1.807, 2.05) is 30.5 Å². The van der Waals surface area contributed by atoms with Gasteiger partial charge in [0.25, 0.3) is 0 Å². The van der Waals surface area contributed by atoms with E-state index in [-0.39, 0.29) is 17.2 Å². The number of ether oxygens (including phenoxy) is 1. The molecule has 0 heterocycles. The molecule has 6 nitrogen and oxygen atoms in total. The minimum Gasteiger partial charge on any atom is -0.495 e. The van der Waals surface area contributed by atoms with E-state index in [2.05, 4.69) is 10.0 Å². The van der Waals surface area contributed by atoms with Crippen LogP contribution in [0.25, 0.3) is 0 Å². The molecule has 0 aliphatic heterocycles. The SMILES string of the molecule is CCC(=O)Nc1cc(S(=O)(=O)N[C@@H](C)c2ccc(SC)cc2)ccc1OC. The van der Waals surface area contributed by atoms with Gasteiger partial charge in [0.2, 0.25) is 15.9 Å². The molecular formula is C19H24N2O4S2. The average molecular weight is 409 g/mol. The fourth-order valence-corrected chi connectivity index (χ4v) is 4.12. The summed E-state index contributed by atoms with van der Waals surface area (Å²) in [6, 6.07) is 11.7. The van der Waals surface area contributed by atoms with Gasteiger partial charge in [-0.1, -0.05) is 19.1 Å². The van der Waals surface area contributed by atoms with Crippen molar-refractivity contribution in [3.63, 3.8) is 0 Å². The van der Waals surface area contributed by atoms with E-state index in [1.165, 1.54) is 25.3 Å². The van der Waals surface area contributed by atoms with Gasteiger partial charge in [-0.2, -0.15) is 0 Å². The molecule has 2 N–H and O–H groups in total. The van der Waals surface area contributed by atoms with Crippen molar-refractivity contribution < 1.29 is 17.9 Å². The van der Waals surface area contributed by atoms with Gasteiger partial charge < -0.3 is 10.1 Å². The van der Waals surface area contributed by atoms with Crippen LogP contribution in [0.5, 0.6) is 5.75 Å². The minimum atomic E-state index is -3.78. The number of carbonyl (C=O) groups is 1. The number of methoxy groups -OCH3 is 1. The third kappa shape index (κ3) is 5.47. The summed E-state index contributed by atoms with van der Waals surface area (Å²) in [4.78, 5) is 12.9. The second-order valence-electron chi connectivity index (χ2n) is 5.88. The maximum atomic E-state index is 12.8. The smallest absolute Gasteiger partial charge is 0.241 e. The van der Waals surface area contributed by atoms with Gasteiger partial charge >= 0.3 is 0 Å². The summed E-state index contributed by atoms with van der Waals surface area (Å²) in [5.41, 5.74) is 1.19. The Morgan fingerprint density at radius 3 is 2.41 bits per heavy atom. The van der Waals surface area contributed by atoms with Crippen molar-refractivity contribution in [1.82, 2.24) is 4.72 Å². The molecule has 0 saturated carbocycles. The van der Waals surface area contributed by atoms with E-state index < -0.39 is 16.1 Å². The lowest BCUT2D eigenvalue weighted by Gasteiger charge is -2.16. The molecule has 0 bridgehead atoms. The van der Waals surface area contributed by atoms with Crippen molar-refractivity contribution in [2.24, 2.45) is 0 Å². The van der Waals surface area contributed by atoms with Crippen LogP contribution < -0.4 is 14.8 Å². The predicted octanol–water partition coefficient (Wildman–Crippen LogP) is 3.81. The summed E-state index contributed by atoms with van der Waals surface area (Å²) in [5.74, 6) is 0.175. The van der Waals surface area contributed by atoms with E-state index in [0.717, 1.165) is 10.5 Å². The third-order valence-electron chi connectivity index (χ3n) is 4.02. The number of hydrogen-bond acceptors (Lipinski definition) is 5. The molecule has 0 saturated heterocycles. The second kappa shape index (κ2) is 9.25. The Kier molecular flexibility index (Phi) is 7.29. The lowest BCUT2D eigenvalue weighted by Crippen LogP contribution is -2.27. The van der Waals surface area contributed by atoms with Gasteiger partial charge in [0.1, 0.15) is 5.75 Å². The van der Waals surface area contributed by atoms with Gasteiger partial charge in [-0.05, 0) is 49.1 Å². The van der Waals surface area contributed by atoms with Crippen LogP contribution in [-0.2, 0) is 14.8 Å². The van der Waals surface area contributed by atoms with Crippen molar-refractivity contribution in [1.29, 1.82) is 0 Å². The number of rotatable bonds is 8. The number of sulfonamides is 1. The highest BCUT2D eigenvalue weighted by Crippen LogP contribution is 2.28. The lowest BCUT2D eigenvalue weighted by atomic mass is 10.1. The number of amides is 1. The summed E-state index contributed by atoms with van der Waals surface area (Å²) in [6.07, 6.45) is 2.27. The van der Waals surface area contributed by atoms with Crippen LogP contribution in [0.1, 0.15) is 31.9 Å². The van der Waals surface area contributed by atoms with Crippen molar-refractivity contribution >= 4 is 33.4 Å². The molecule has 8 heteroatoms. The topological polar surface area (TPSA) is 84.5 Å². The molecule has 0 radical (unpaired) electrons. The zero-order chi connectivity index (χ0) is 20.0. The fourth-order valence-electron chi connectivity index (χ4n) is 2.45. The molecule has 0 spiro atoms. The highest BCUT2D eigenvalue weighted by molar-refractivity contribution is 7.98. The monoisotopic (exact) mass is 408 g/mol. The number of hydrogen-bond donors (Lipinski definition) is 2. The maximum Gasteiger partial charge on any atom is 0.241 e. The minimum absolute atomic E-state index is 0.0577. The van der Waals surface area contributed by atoms with E-state index in [1.54, 1.807) is 25.6 Å². The Hall–Kier alpha value is -2.03. The highest BCUT2D eigenvalue weighted by Gasteiger charge is 2.20. The quantitative estimate of drug-likeness (QED) is 0.649. The molecule has 1 amide bonds. The van der Waals surface area contributed by atoms with Crippen molar-refractivity contribution in [3.05, 3.63) is 48.0 Å². The maximum absolute atomic E-state index is 12.8. The summed E-state index contributed by atoms with van der Waals surface area (Å²) in [6.45, 7) is 3.50. The zero-order valence-electron chi connectivity index (χ0n) is 15.8. The predicted molar refractivity (Wildman–Crippen MR) is 109 cm³/mol. The Balaban J connectivity index is 2.26. The number of benzene rings is 2. The zero-order valence-corrected chi connectivity index (χ0v) is 17.4. The highest BCUT2D eigenvalue weighted by atomic mass is 32.2. The molecule has 0 unspecified atom stereocenters. The van der Waals surface area contributed by atoms with Crippen LogP contribution in [0.2, 0.25) is 0 Å². The van der Waals surface area contributed by atoms with Crippen LogP contribution in [0, 0.1) is 0 Å². The normalized spacial score (nSPS) is 12.4. The Bertz CT molecular complexity index is 896. The van der Waals surface area contributed by atoms with Gasteiger partial charge in [-0.25, -0.2) is 13.1 Å². The molecular weight excluding hydrogens is 384 g/mol. The standard InChI is InChI=1S/C19H24N2O4S2/c1-5-19(22)20-17-12-16(10-11-18(17)25-3)27(23,24)21-13(2)14-6-8-15(26-4)9-7-14/h6-13,21H,5H2,1-4H3,(H,20,22)/t13-/m0/s1. The van der Waals surface area contributed by atoms with Crippen LogP contribution in [0.3, 0.4) is 0 Å². The average Bonchev–Trinajstić information content (AvgIpc) is 2.67. The molecule has 0 aromatic heterocycles. The van der Waals surface area contributed by atoms with Gasteiger partial charge in [-0.3, -0.25) is 4.79 Å². The van der Waals surface area contributed by atoms with Crippen LogP contribution in [-0.4, -0.2) is 27.7 Å². The van der Waals surface area contributed by atoms with Crippen LogP contribution >= 0.6 is 11.8 Å². The van der Waals surface area contributed by atoms with Gasteiger partial charge in [-0.15, -0.1) is 11.8 Å². The fraction of sp³-hybridized carbons (Fsp3) is 0.316. The molecule has 2 aromatic rings. The van der Waals surface area contributed by atoms with Gasteiger partial charge in [0, 0.05) is 17.4 Å². The van der Waals surface area contributed by atoms with Crippen molar-refractivity contribution in [2.75, 3.05) is 18.7 Å². The molecule has 146 valence electrons. The summed E-state index contributed by atoms with van der Waals surface area (Å²) >= 11 is 1.63. The second-order valence-corrected chi connectivity index (χ2v) is 8.47. The summed E-state index contributed by atoms with van der Waals surface area (Å²) in [7, 11) is -2.31. The van der Waals surface area contributed by atoms with E-state index in [4.69, 9.17) is 4.74 Å². The molecule has 2 aromatic carbocycles. The summed E-state index contributed by atoms with van der Waals surface area (Å²) in [5, 5.41) is 2.66. The Labute approximate surface area is 164 Å². The Morgan fingerprint density at radius 1 is 1.19 bits per heavy atom. The number of anilines is 1. The van der Waals surface area contributed by atoms with Crippen molar-refractivity contribution in [3.8, 4) is 5.75 Å². The molecule has 27 heavy (non-hydrogen) atoms. The third-order valence-corrected chi connectivity index (χ3v) is 6.31. The van der Waals surface area contributed by atoms with Gasteiger partial charge in [0.15, 0.2) is 0 Å². The lowest BCUT2D eigenvalue weighted by molar-refractivity contribution is -0.115. The van der Waals surface area contributed by atoms with E-state index in [0.29, 0.717) is 11.4 Å². The van der Waals surface area contributed by atoms with E-state index >= 15 is 0 Å². The van der Waals surface area contributed by atoms with Crippen LogP contribution in [0.4, 0.5) is 5.69 Å². The molecule has 0 aliphatic rings. The first kappa shape index (κ1) is 21.3. The first-order chi connectivity index (χ1) is 12.8.